The van der Waals surface area contributed by atoms with Crippen molar-refractivity contribution in [3.05, 3.63) is 58.6 Å². The molecule has 0 aliphatic rings. The van der Waals surface area contributed by atoms with E-state index in [1.807, 2.05) is 43.3 Å². The van der Waals surface area contributed by atoms with E-state index in [4.69, 9.17) is 0 Å². The minimum Gasteiger partial charge on any atom is -0.325 e. The molecule has 0 bridgehead atoms. The lowest BCUT2D eigenvalue weighted by atomic mass is 10.2. The number of aryl methyl sites for hydroxylation is 1. The second kappa shape index (κ2) is 7.22. The first kappa shape index (κ1) is 16.2. The maximum atomic E-state index is 12.2. The highest BCUT2D eigenvalue weighted by Gasteiger charge is 2.15. The maximum absolute atomic E-state index is 12.2. The lowest BCUT2D eigenvalue weighted by Gasteiger charge is -2.20. The highest BCUT2D eigenvalue weighted by atomic mass is 79.9. The predicted molar refractivity (Wildman–Crippen MR) is 92.0 cm³/mol. The van der Waals surface area contributed by atoms with Crippen LogP contribution in [0.5, 0.6) is 0 Å². The van der Waals surface area contributed by atoms with Gasteiger partial charge in [-0.05, 0) is 42.8 Å². The molecule has 22 heavy (non-hydrogen) atoms. The number of amides is 2. The molecule has 2 aromatic rings. The Hall–Kier alpha value is -2.14. The molecule has 2 rings (SSSR count). The molecule has 0 heterocycles. The second-order valence-corrected chi connectivity index (χ2v) is 5.81. The van der Waals surface area contributed by atoms with Gasteiger partial charge in [-0.3, -0.25) is 9.59 Å². The number of rotatable bonds is 4. The lowest BCUT2D eigenvalue weighted by molar-refractivity contribution is -0.120. The number of carbonyl (C=O) groups excluding carboxylic acids is 2. The van der Waals surface area contributed by atoms with Gasteiger partial charge in [-0.15, -0.1) is 0 Å². The van der Waals surface area contributed by atoms with E-state index in [9.17, 15) is 9.59 Å². The molecular weight excluding hydrogens is 344 g/mol. The van der Waals surface area contributed by atoms with Gasteiger partial charge in [0, 0.05) is 22.8 Å². The van der Waals surface area contributed by atoms with E-state index in [2.05, 4.69) is 21.2 Å². The molecule has 0 spiro atoms. The molecule has 0 atom stereocenters. The van der Waals surface area contributed by atoms with Gasteiger partial charge < -0.3 is 10.2 Å². The van der Waals surface area contributed by atoms with Crippen LogP contribution >= 0.6 is 15.9 Å². The van der Waals surface area contributed by atoms with Crippen LogP contribution in [0.1, 0.15) is 12.5 Å². The van der Waals surface area contributed by atoms with Gasteiger partial charge in [-0.2, -0.15) is 0 Å². The summed E-state index contributed by atoms with van der Waals surface area (Å²) < 4.78 is 0.986. The summed E-state index contributed by atoms with van der Waals surface area (Å²) in [7, 11) is 0. The van der Waals surface area contributed by atoms with Gasteiger partial charge in [0.25, 0.3) is 0 Å². The standard InChI is InChI=1S/C17H17BrN2O2/c1-12-10-14(8-9-16(12)18)19-17(22)11-20(13(2)21)15-6-4-3-5-7-15/h3-10H,11H2,1-2H3,(H,19,22). The van der Waals surface area contributed by atoms with Crippen LogP contribution in [0, 0.1) is 6.92 Å². The molecule has 0 aliphatic heterocycles. The Balaban J connectivity index is 2.08. The van der Waals surface area contributed by atoms with Crippen LogP contribution in [0.15, 0.2) is 53.0 Å². The average Bonchev–Trinajstić information content (AvgIpc) is 2.49. The van der Waals surface area contributed by atoms with Gasteiger partial charge in [-0.1, -0.05) is 34.1 Å². The molecule has 5 heteroatoms. The Labute approximate surface area is 138 Å². The first-order chi connectivity index (χ1) is 10.5. The van der Waals surface area contributed by atoms with E-state index in [0.717, 1.165) is 10.0 Å². The summed E-state index contributed by atoms with van der Waals surface area (Å²) in [4.78, 5) is 25.4. The highest BCUT2D eigenvalue weighted by molar-refractivity contribution is 9.10. The van der Waals surface area contributed by atoms with E-state index in [1.165, 1.54) is 11.8 Å². The molecular formula is C17H17BrN2O2. The second-order valence-electron chi connectivity index (χ2n) is 4.95. The first-order valence-electron chi connectivity index (χ1n) is 6.86. The summed E-state index contributed by atoms with van der Waals surface area (Å²) in [6, 6.07) is 14.7. The zero-order chi connectivity index (χ0) is 16.1. The van der Waals surface area contributed by atoms with Crippen LogP contribution in [0.3, 0.4) is 0 Å². The first-order valence-corrected chi connectivity index (χ1v) is 7.66. The number of nitrogens with zero attached hydrogens (tertiary/aromatic N) is 1. The Bertz CT molecular complexity index is 686. The topological polar surface area (TPSA) is 49.4 Å². The minimum atomic E-state index is -0.235. The van der Waals surface area contributed by atoms with Crippen molar-refractivity contribution in [1.82, 2.24) is 0 Å². The van der Waals surface area contributed by atoms with Crippen LogP contribution in [0.2, 0.25) is 0 Å². The van der Waals surface area contributed by atoms with Crippen molar-refractivity contribution in [2.24, 2.45) is 0 Å². The van der Waals surface area contributed by atoms with Crippen molar-refractivity contribution in [3.8, 4) is 0 Å². The molecule has 0 radical (unpaired) electrons. The summed E-state index contributed by atoms with van der Waals surface area (Å²) in [5, 5.41) is 2.81. The van der Waals surface area contributed by atoms with Crippen LogP contribution in [-0.4, -0.2) is 18.4 Å². The molecule has 0 unspecified atom stereocenters. The number of halogens is 1. The molecule has 0 fully saturated rings. The SMILES string of the molecule is CC(=O)N(CC(=O)Nc1ccc(Br)c(C)c1)c1ccccc1. The molecule has 2 amide bonds. The van der Waals surface area contributed by atoms with Crippen molar-refractivity contribution in [2.45, 2.75) is 13.8 Å². The van der Waals surface area contributed by atoms with E-state index in [-0.39, 0.29) is 18.4 Å². The normalized spacial score (nSPS) is 10.1. The third-order valence-corrected chi connectivity index (χ3v) is 4.08. The van der Waals surface area contributed by atoms with Gasteiger partial charge >= 0.3 is 0 Å². The largest absolute Gasteiger partial charge is 0.325 e. The summed E-state index contributed by atoms with van der Waals surface area (Å²) in [5.41, 5.74) is 2.45. The third-order valence-electron chi connectivity index (χ3n) is 3.19. The van der Waals surface area contributed by atoms with E-state index >= 15 is 0 Å². The quantitative estimate of drug-likeness (QED) is 0.902. The maximum Gasteiger partial charge on any atom is 0.244 e. The Kier molecular flexibility index (Phi) is 5.33. The third kappa shape index (κ3) is 4.18. The fraction of sp³-hybridized carbons (Fsp3) is 0.176. The number of carbonyl (C=O) groups is 2. The summed E-state index contributed by atoms with van der Waals surface area (Å²) in [6.07, 6.45) is 0. The van der Waals surface area contributed by atoms with Crippen molar-refractivity contribution >= 4 is 39.1 Å². The average molecular weight is 361 g/mol. The van der Waals surface area contributed by atoms with Crippen LogP contribution in [-0.2, 0) is 9.59 Å². The summed E-state index contributed by atoms with van der Waals surface area (Å²) >= 11 is 3.42. The van der Waals surface area contributed by atoms with Crippen molar-refractivity contribution in [3.63, 3.8) is 0 Å². The molecule has 0 aliphatic carbocycles. The van der Waals surface area contributed by atoms with Crippen LogP contribution in [0.25, 0.3) is 0 Å². The smallest absolute Gasteiger partial charge is 0.244 e. The number of para-hydroxylation sites is 1. The number of anilines is 2. The summed E-state index contributed by atoms with van der Waals surface area (Å²) in [6.45, 7) is 3.38. The zero-order valence-corrected chi connectivity index (χ0v) is 14.1. The van der Waals surface area contributed by atoms with Gasteiger partial charge in [0.1, 0.15) is 6.54 Å². The molecule has 4 nitrogen and oxygen atoms in total. The molecule has 0 aromatic heterocycles. The van der Waals surface area contributed by atoms with E-state index < -0.39 is 0 Å². The fourth-order valence-electron chi connectivity index (χ4n) is 2.06. The van der Waals surface area contributed by atoms with E-state index in [1.54, 1.807) is 12.1 Å². The highest BCUT2D eigenvalue weighted by Crippen LogP contribution is 2.20. The van der Waals surface area contributed by atoms with Gasteiger partial charge in [0.15, 0.2) is 0 Å². The fourth-order valence-corrected chi connectivity index (χ4v) is 2.31. The molecule has 1 N–H and O–H groups in total. The Morgan fingerprint density at radius 3 is 2.41 bits per heavy atom. The van der Waals surface area contributed by atoms with Crippen LogP contribution < -0.4 is 10.2 Å². The molecule has 2 aromatic carbocycles. The predicted octanol–water partition coefficient (Wildman–Crippen LogP) is 3.75. The van der Waals surface area contributed by atoms with Gasteiger partial charge in [0.05, 0.1) is 0 Å². The van der Waals surface area contributed by atoms with Crippen molar-refractivity contribution < 1.29 is 9.59 Å². The monoisotopic (exact) mass is 360 g/mol. The minimum absolute atomic E-state index is 0.0194. The van der Waals surface area contributed by atoms with Crippen LogP contribution in [0.4, 0.5) is 11.4 Å². The summed E-state index contributed by atoms with van der Waals surface area (Å²) in [5.74, 6) is -0.408. The molecule has 0 saturated heterocycles. The lowest BCUT2D eigenvalue weighted by Crippen LogP contribution is -2.36. The zero-order valence-electron chi connectivity index (χ0n) is 12.5. The Morgan fingerprint density at radius 1 is 1.14 bits per heavy atom. The number of nitrogens with one attached hydrogen (secondary N) is 1. The number of benzene rings is 2. The molecule has 114 valence electrons. The van der Waals surface area contributed by atoms with Crippen molar-refractivity contribution in [1.29, 1.82) is 0 Å². The van der Waals surface area contributed by atoms with Gasteiger partial charge in [-0.25, -0.2) is 0 Å². The number of hydrogen-bond acceptors (Lipinski definition) is 2. The van der Waals surface area contributed by atoms with Crippen molar-refractivity contribution in [2.75, 3.05) is 16.8 Å². The van der Waals surface area contributed by atoms with E-state index in [0.29, 0.717) is 11.4 Å². The Morgan fingerprint density at radius 2 is 1.82 bits per heavy atom. The van der Waals surface area contributed by atoms with Gasteiger partial charge in [0.2, 0.25) is 11.8 Å². The molecule has 0 saturated carbocycles. The number of hydrogen-bond donors (Lipinski definition) is 1.